The van der Waals surface area contributed by atoms with Crippen molar-refractivity contribution in [1.29, 1.82) is 0 Å². The van der Waals surface area contributed by atoms with Gasteiger partial charge in [0.2, 0.25) is 5.91 Å². The summed E-state index contributed by atoms with van der Waals surface area (Å²) in [6.07, 6.45) is 1.18. The Morgan fingerprint density at radius 1 is 1.08 bits per heavy atom. The van der Waals surface area contributed by atoms with Crippen LogP contribution in [0.1, 0.15) is 16.8 Å². The molecule has 1 heterocycles. The largest absolute Gasteiger partial charge is 0.355 e. The van der Waals surface area contributed by atoms with Crippen molar-refractivity contribution in [3.63, 3.8) is 0 Å². The normalized spacial score (nSPS) is 10.5. The van der Waals surface area contributed by atoms with E-state index in [4.69, 9.17) is 0 Å². The van der Waals surface area contributed by atoms with Gasteiger partial charge in [0.25, 0.3) is 0 Å². The summed E-state index contributed by atoms with van der Waals surface area (Å²) >= 11 is 1.58. The Balaban J connectivity index is 1.51. The maximum Gasteiger partial charge on any atom is 0.226 e. The minimum atomic E-state index is 0.0201. The Morgan fingerprint density at radius 2 is 1.83 bits per heavy atom. The summed E-state index contributed by atoms with van der Waals surface area (Å²) in [4.78, 5) is 16.6. The molecule has 0 radical (unpaired) electrons. The number of nitrogens with zero attached hydrogens (tertiary/aromatic N) is 1. The van der Waals surface area contributed by atoms with E-state index in [0.717, 1.165) is 22.7 Å². The first-order valence-electron chi connectivity index (χ1n) is 8.03. The van der Waals surface area contributed by atoms with E-state index in [1.165, 1.54) is 11.1 Å². The Kier molecular flexibility index (Phi) is 5.39. The first-order valence-corrected chi connectivity index (χ1v) is 8.91. The lowest BCUT2D eigenvalue weighted by Gasteiger charge is -2.04. The van der Waals surface area contributed by atoms with E-state index in [2.05, 4.69) is 53.6 Å². The number of benzene rings is 2. The fourth-order valence-electron chi connectivity index (χ4n) is 2.43. The number of aromatic nitrogens is 1. The van der Waals surface area contributed by atoms with Crippen LogP contribution in [0.15, 0.2) is 60.0 Å². The standard InChI is InChI=1S/C20H20N2OS/c1-15-7-9-17(10-8-15)20-22-18(14-24-20)13-19(23)21-12-11-16-5-3-2-4-6-16/h2-10,14H,11-13H2,1H3,(H,21,23). The molecular formula is C20H20N2OS. The fraction of sp³-hybridized carbons (Fsp3) is 0.200. The van der Waals surface area contributed by atoms with Crippen LogP contribution in [0, 0.1) is 6.92 Å². The highest BCUT2D eigenvalue weighted by Gasteiger charge is 2.08. The van der Waals surface area contributed by atoms with E-state index >= 15 is 0 Å². The van der Waals surface area contributed by atoms with Crippen molar-refractivity contribution in [3.05, 3.63) is 76.8 Å². The summed E-state index contributed by atoms with van der Waals surface area (Å²) in [5.41, 5.74) is 4.38. The van der Waals surface area contributed by atoms with Gasteiger partial charge in [-0.25, -0.2) is 4.98 Å². The van der Waals surface area contributed by atoms with Crippen LogP contribution in [0.3, 0.4) is 0 Å². The molecule has 3 aromatic rings. The summed E-state index contributed by atoms with van der Waals surface area (Å²) in [5.74, 6) is 0.0201. The van der Waals surface area contributed by atoms with E-state index in [9.17, 15) is 4.79 Å². The summed E-state index contributed by atoms with van der Waals surface area (Å²) in [6, 6.07) is 18.4. The van der Waals surface area contributed by atoms with Gasteiger partial charge in [0.05, 0.1) is 12.1 Å². The third-order valence-corrected chi connectivity index (χ3v) is 4.71. The van der Waals surface area contributed by atoms with Crippen molar-refractivity contribution in [2.45, 2.75) is 19.8 Å². The van der Waals surface area contributed by atoms with Gasteiger partial charge >= 0.3 is 0 Å². The van der Waals surface area contributed by atoms with E-state index in [-0.39, 0.29) is 5.91 Å². The molecule has 0 aliphatic rings. The maximum absolute atomic E-state index is 12.0. The molecule has 122 valence electrons. The van der Waals surface area contributed by atoms with Gasteiger partial charge < -0.3 is 5.32 Å². The Labute approximate surface area is 146 Å². The molecule has 3 nitrogen and oxygen atoms in total. The third-order valence-electron chi connectivity index (χ3n) is 3.77. The smallest absolute Gasteiger partial charge is 0.226 e. The minimum absolute atomic E-state index is 0.0201. The maximum atomic E-state index is 12.0. The molecule has 1 amide bonds. The van der Waals surface area contributed by atoms with Gasteiger partial charge in [-0.15, -0.1) is 11.3 Å². The van der Waals surface area contributed by atoms with Gasteiger partial charge in [0.1, 0.15) is 5.01 Å². The molecular weight excluding hydrogens is 316 g/mol. The van der Waals surface area contributed by atoms with Crippen molar-refractivity contribution < 1.29 is 4.79 Å². The highest BCUT2D eigenvalue weighted by Crippen LogP contribution is 2.24. The van der Waals surface area contributed by atoms with Crippen LogP contribution >= 0.6 is 11.3 Å². The van der Waals surface area contributed by atoms with Crippen molar-refractivity contribution >= 4 is 17.2 Å². The first-order chi connectivity index (χ1) is 11.7. The molecule has 0 atom stereocenters. The fourth-order valence-corrected chi connectivity index (χ4v) is 3.26. The number of nitrogens with one attached hydrogen (secondary N) is 1. The number of aryl methyl sites for hydroxylation is 1. The van der Waals surface area contributed by atoms with Crippen LogP contribution in [0.25, 0.3) is 10.6 Å². The molecule has 0 saturated heterocycles. The van der Waals surface area contributed by atoms with E-state index in [1.54, 1.807) is 11.3 Å². The Hall–Kier alpha value is -2.46. The van der Waals surface area contributed by atoms with Crippen LogP contribution in [0.4, 0.5) is 0 Å². The van der Waals surface area contributed by atoms with E-state index in [1.807, 2.05) is 23.6 Å². The molecule has 3 rings (SSSR count). The molecule has 1 aromatic heterocycles. The third kappa shape index (κ3) is 4.52. The number of hydrogen-bond donors (Lipinski definition) is 1. The zero-order valence-electron chi connectivity index (χ0n) is 13.7. The average molecular weight is 336 g/mol. The van der Waals surface area contributed by atoms with Crippen molar-refractivity contribution in [2.24, 2.45) is 0 Å². The van der Waals surface area contributed by atoms with Gasteiger partial charge in [0.15, 0.2) is 0 Å². The molecule has 2 aromatic carbocycles. The number of rotatable bonds is 6. The predicted octanol–water partition coefficient (Wildman–Crippen LogP) is 4.02. The molecule has 0 spiro atoms. The highest BCUT2D eigenvalue weighted by atomic mass is 32.1. The summed E-state index contributed by atoms with van der Waals surface area (Å²) in [7, 11) is 0. The quantitative estimate of drug-likeness (QED) is 0.739. The number of carbonyl (C=O) groups is 1. The molecule has 0 unspecified atom stereocenters. The lowest BCUT2D eigenvalue weighted by atomic mass is 10.1. The van der Waals surface area contributed by atoms with Gasteiger partial charge in [-0.05, 0) is 18.9 Å². The van der Waals surface area contributed by atoms with Gasteiger partial charge in [-0.1, -0.05) is 60.2 Å². The lowest BCUT2D eigenvalue weighted by molar-refractivity contribution is -0.120. The summed E-state index contributed by atoms with van der Waals surface area (Å²) in [6.45, 7) is 2.72. The van der Waals surface area contributed by atoms with Crippen molar-refractivity contribution in [3.8, 4) is 10.6 Å². The zero-order valence-corrected chi connectivity index (χ0v) is 14.5. The molecule has 0 bridgehead atoms. The number of carbonyl (C=O) groups excluding carboxylic acids is 1. The topological polar surface area (TPSA) is 42.0 Å². The molecule has 1 N–H and O–H groups in total. The number of thiazole rings is 1. The second-order valence-corrected chi connectivity index (χ2v) is 6.63. The van der Waals surface area contributed by atoms with Crippen molar-refractivity contribution in [2.75, 3.05) is 6.54 Å². The molecule has 0 saturated carbocycles. The molecule has 4 heteroatoms. The number of hydrogen-bond acceptors (Lipinski definition) is 3. The Morgan fingerprint density at radius 3 is 2.58 bits per heavy atom. The average Bonchev–Trinajstić information content (AvgIpc) is 3.05. The number of amides is 1. The SMILES string of the molecule is Cc1ccc(-c2nc(CC(=O)NCCc3ccccc3)cs2)cc1. The first kappa shape index (κ1) is 16.4. The Bertz CT molecular complexity index is 794. The predicted molar refractivity (Wildman–Crippen MR) is 99.1 cm³/mol. The summed E-state index contributed by atoms with van der Waals surface area (Å²) < 4.78 is 0. The van der Waals surface area contributed by atoms with Crippen molar-refractivity contribution in [1.82, 2.24) is 10.3 Å². The summed E-state index contributed by atoms with van der Waals surface area (Å²) in [5, 5.41) is 5.89. The zero-order chi connectivity index (χ0) is 16.8. The van der Waals surface area contributed by atoms with Gasteiger partial charge in [-0.3, -0.25) is 4.79 Å². The van der Waals surface area contributed by atoms with Gasteiger partial charge in [0, 0.05) is 17.5 Å². The van der Waals surface area contributed by atoms with Crippen LogP contribution in [-0.2, 0) is 17.6 Å². The molecule has 0 fully saturated rings. The van der Waals surface area contributed by atoms with E-state index in [0.29, 0.717) is 13.0 Å². The lowest BCUT2D eigenvalue weighted by Crippen LogP contribution is -2.27. The van der Waals surface area contributed by atoms with Crippen LogP contribution < -0.4 is 5.32 Å². The molecule has 0 aliphatic heterocycles. The highest BCUT2D eigenvalue weighted by molar-refractivity contribution is 7.13. The molecule has 0 aliphatic carbocycles. The minimum Gasteiger partial charge on any atom is -0.355 e. The monoisotopic (exact) mass is 336 g/mol. The van der Waals surface area contributed by atoms with E-state index < -0.39 is 0 Å². The second kappa shape index (κ2) is 7.88. The molecule has 24 heavy (non-hydrogen) atoms. The van der Waals surface area contributed by atoms with Crippen LogP contribution in [0.5, 0.6) is 0 Å². The van der Waals surface area contributed by atoms with Gasteiger partial charge in [-0.2, -0.15) is 0 Å². The van der Waals surface area contributed by atoms with Crippen LogP contribution in [0.2, 0.25) is 0 Å². The second-order valence-electron chi connectivity index (χ2n) is 5.77. The van der Waals surface area contributed by atoms with Crippen LogP contribution in [-0.4, -0.2) is 17.4 Å².